The van der Waals surface area contributed by atoms with Crippen molar-refractivity contribution in [2.24, 2.45) is 11.8 Å². The molecule has 0 saturated carbocycles. The van der Waals surface area contributed by atoms with E-state index in [9.17, 15) is 0 Å². The first-order valence-corrected chi connectivity index (χ1v) is 6.59. The fourth-order valence-electron chi connectivity index (χ4n) is 2.29. The maximum atomic E-state index is 3.58. The van der Waals surface area contributed by atoms with E-state index in [0.717, 1.165) is 24.4 Å². The molecule has 1 fully saturated rings. The predicted octanol–water partition coefficient (Wildman–Crippen LogP) is 2.35. The van der Waals surface area contributed by atoms with Gasteiger partial charge < -0.3 is 10.2 Å². The Balaban J connectivity index is 2.29. The molecule has 2 nitrogen and oxygen atoms in total. The van der Waals surface area contributed by atoms with Gasteiger partial charge >= 0.3 is 0 Å². The Morgan fingerprint density at radius 1 is 1.33 bits per heavy atom. The molecule has 0 bridgehead atoms. The summed E-state index contributed by atoms with van der Waals surface area (Å²) in [6, 6.07) is 0.739. The molecule has 15 heavy (non-hydrogen) atoms. The molecule has 1 heterocycles. The van der Waals surface area contributed by atoms with E-state index < -0.39 is 0 Å². The van der Waals surface area contributed by atoms with Crippen molar-refractivity contribution in [3.63, 3.8) is 0 Å². The minimum atomic E-state index is 0.739. The molecular weight excluding hydrogens is 184 g/mol. The van der Waals surface area contributed by atoms with Crippen molar-refractivity contribution < 1.29 is 0 Å². The van der Waals surface area contributed by atoms with Crippen LogP contribution in [-0.2, 0) is 0 Å². The fraction of sp³-hybridized carbons (Fsp3) is 1.00. The first-order chi connectivity index (χ1) is 7.13. The lowest BCUT2D eigenvalue weighted by Crippen LogP contribution is -2.47. The zero-order valence-corrected chi connectivity index (χ0v) is 10.9. The van der Waals surface area contributed by atoms with E-state index in [2.05, 4.69) is 37.9 Å². The number of nitrogens with zero attached hydrogens (tertiary/aromatic N) is 1. The predicted molar refractivity (Wildman–Crippen MR) is 67.1 cm³/mol. The zero-order chi connectivity index (χ0) is 11.3. The molecule has 0 amide bonds. The van der Waals surface area contributed by atoms with E-state index in [4.69, 9.17) is 0 Å². The van der Waals surface area contributed by atoms with Crippen molar-refractivity contribution in [2.45, 2.75) is 46.6 Å². The lowest BCUT2D eigenvalue weighted by molar-refractivity contribution is 0.156. The van der Waals surface area contributed by atoms with Crippen molar-refractivity contribution in [2.75, 3.05) is 26.2 Å². The van der Waals surface area contributed by atoms with Crippen LogP contribution in [0.2, 0.25) is 0 Å². The summed E-state index contributed by atoms with van der Waals surface area (Å²) in [5, 5.41) is 3.58. The Kier molecular flexibility index (Phi) is 5.62. The highest BCUT2D eigenvalue weighted by molar-refractivity contribution is 4.79. The van der Waals surface area contributed by atoms with Crippen LogP contribution in [0.15, 0.2) is 0 Å². The number of likely N-dealkylation sites (tertiary alicyclic amines) is 1. The van der Waals surface area contributed by atoms with Gasteiger partial charge in [0.25, 0.3) is 0 Å². The summed E-state index contributed by atoms with van der Waals surface area (Å²) >= 11 is 0. The Labute approximate surface area is 95.4 Å². The topological polar surface area (TPSA) is 15.3 Å². The zero-order valence-electron chi connectivity index (χ0n) is 10.9. The minimum Gasteiger partial charge on any atom is -0.313 e. The van der Waals surface area contributed by atoms with E-state index in [-0.39, 0.29) is 0 Å². The Morgan fingerprint density at radius 2 is 2.07 bits per heavy atom. The van der Waals surface area contributed by atoms with Crippen molar-refractivity contribution in [1.29, 1.82) is 0 Å². The van der Waals surface area contributed by atoms with Gasteiger partial charge in [0, 0.05) is 19.1 Å². The third kappa shape index (κ3) is 4.52. The van der Waals surface area contributed by atoms with Crippen molar-refractivity contribution in [3.05, 3.63) is 0 Å². The standard InChI is InChI=1S/C13H28N2/c1-5-14-13-7-6-8-15(10-13)9-12(4)11(2)3/h11-14H,5-10H2,1-4H3. The number of likely N-dealkylation sites (N-methyl/N-ethyl adjacent to an activating group) is 1. The highest BCUT2D eigenvalue weighted by Gasteiger charge is 2.20. The van der Waals surface area contributed by atoms with Gasteiger partial charge in [-0.1, -0.05) is 27.7 Å². The van der Waals surface area contributed by atoms with Crippen LogP contribution in [0.25, 0.3) is 0 Å². The van der Waals surface area contributed by atoms with Gasteiger partial charge in [0.2, 0.25) is 0 Å². The molecule has 90 valence electrons. The number of rotatable bonds is 5. The van der Waals surface area contributed by atoms with Crippen LogP contribution < -0.4 is 5.32 Å². The maximum Gasteiger partial charge on any atom is 0.0195 e. The summed E-state index contributed by atoms with van der Waals surface area (Å²) in [4.78, 5) is 2.64. The smallest absolute Gasteiger partial charge is 0.0195 e. The van der Waals surface area contributed by atoms with Crippen LogP contribution in [0.5, 0.6) is 0 Å². The third-order valence-corrected chi connectivity index (χ3v) is 3.68. The molecule has 0 spiro atoms. The largest absolute Gasteiger partial charge is 0.313 e. The molecule has 0 aromatic heterocycles. The SMILES string of the molecule is CCNC1CCCN(CC(C)C(C)C)C1. The van der Waals surface area contributed by atoms with Gasteiger partial charge in [-0.15, -0.1) is 0 Å². The Bertz CT molecular complexity index is 166. The lowest BCUT2D eigenvalue weighted by atomic mass is 9.96. The monoisotopic (exact) mass is 212 g/mol. The minimum absolute atomic E-state index is 0.739. The molecule has 0 aromatic carbocycles. The summed E-state index contributed by atoms with van der Waals surface area (Å²) in [5.74, 6) is 1.63. The van der Waals surface area contributed by atoms with Gasteiger partial charge in [0.1, 0.15) is 0 Å². The summed E-state index contributed by atoms with van der Waals surface area (Å²) < 4.78 is 0. The van der Waals surface area contributed by atoms with E-state index in [0.29, 0.717) is 0 Å². The average Bonchev–Trinajstić information content (AvgIpc) is 2.18. The summed E-state index contributed by atoms with van der Waals surface area (Å²) in [6.07, 6.45) is 2.73. The number of hydrogen-bond acceptors (Lipinski definition) is 2. The van der Waals surface area contributed by atoms with Crippen LogP contribution in [0.1, 0.15) is 40.5 Å². The Hall–Kier alpha value is -0.0800. The number of hydrogen-bond donors (Lipinski definition) is 1. The van der Waals surface area contributed by atoms with Crippen LogP contribution in [0.3, 0.4) is 0 Å². The van der Waals surface area contributed by atoms with Crippen LogP contribution in [0, 0.1) is 11.8 Å². The second kappa shape index (κ2) is 6.49. The summed E-state index contributed by atoms with van der Waals surface area (Å²) in [6.45, 7) is 14.2. The van der Waals surface area contributed by atoms with E-state index in [1.807, 2.05) is 0 Å². The molecule has 2 unspecified atom stereocenters. The number of piperidine rings is 1. The summed E-state index contributed by atoms with van der Waals surface area (Å²) in [5.41, 5.74) is 0. The normalized spacial score (nSPS) is 25.8. The first-order valence-electron chi connectivity index (χ1n) is 6.59. The van der Waals surface area contributed by atoms with Crippen molar-refractivity contribution in [3.8, 4) is 0 Å². The molecule has 0 aliphatic carbocycles. The highest BCUT2D eigenvalue weighted by Crippen LogP contribution is 2.16. The molecule has 0 radical (unpaired) electrons. The van der Waals surface area contributed by atoms with Crippen LogP contribution in [-0.4, -0.2) is 37.1 Å². The van der Waals surface area contributed by atoms with Crippen LogP contribution >= 0.6 is 0 Å². The fourth-order valence-corrected chi connectivity index (χ4v) is 2.29. The maximum absolute atomic E-state index is 3.58. The quantitative estimate of drug-likeness (QED) is 0.752. The molecule has 1 aliphatic rings. The van der Waals surface area contributed by atoms with Gasteiger partial charge in [-0.05, 0) is 37.8 Å². The van der Waals surface area contributed by atoms with Crippen molar-refractivity contribution >= 4 is 0 Å². The average molecular weight is 212 g/mol. The van der Waals surface area contributed by atoms with Gasteiger partial charge in [-0.25, -0.2) is 0 Å². The molecule has 1 N–H and O–H groups in total. The van der Waals surface area contributed by atoms with E-state index in [1.54, 1.807) is 0 Å². The molecular formula is C13H28N2. The third-order valence-electron chi connectivity index (χ3n) is 3.68. The van der Waals surface area contributed by atoms with Gasteiger partial charge in [0.15, 0.2) is 0 Å². The van der Waals surface area contributed by atoms with Crippen LogP contribution in [0.4, 0.5) is 0 Å². The lowest BCUT2D eigenvalue weighted by Gasteiger charge is -2.35. The first kappa shape index (κ1) is 13.0. The second-order valence-electron chi connectivity index (χ2n) is 5.38. The molecule has 2 atom stereocenters. The van der Waals surface area contributed by atoms with E-state index >= 15 is 0 Å². The number of nitrogens with one attached hydrogen (secondary N) is 1. The molecule has 1 aliphatic heterocycles. The van der Waals surface area contributed by atoms with Gasteiger partial charge in [0.05, 0.1) is 0 Å². The van der Waals surface area contributed by atoms with E-state index in [1.165, 1.54) is 32.5 Å². The Morgan fingerprint density at radius 3 is 2.67 bits per heavy atom. The molecule has 1 rings (SSSR count). The highest BCUT2D eigenvalue weighted by atomic mass is 15.2. The summed E-state index contributed by atoms with van der Waals surface area (Å²) in [7, 11) is 0. The van der Waals surface area contributed by atoms with Gasteiger partial charge in [-0.2, -0.15) is 0 Å². The second-order valence-corrected chi connectivity index (χ2v) is 5.38. The molecule has 0 aromatic rings. The molecule has 1 saturated heterocycles. The van der Waals surface area contributed by atoms with Gasteiger partial charge in [-0.3, -0.25) is 0 Å². The van der Waals surface area contributed by atoms with Crippen molar-refractivity contribution in [1.82, 2.24) is 10.2 Å². The molecule has 2 heteroatoms.